The summed E-state index contributed by atoms with van der Waals surface area (Å²) < 4.78 is 15.5. The van der Waals surface area contributed by atoms with E-state index in [2.05, 4.69) is 15.8 Å². The molecule has 0 radical (unpaired) electrons. The predicted octanol–water partition coefficient (Wildman–Crippen LogP) is 2.37. The highest BCUT2D eigenvalue weighted by Gasteiger charge is 2.10. The summed E-state index contributed by atoms with van der Waals surface area (Å²) in [6, 6.07) is 10.5. The largest absolute Gasteiger partial charge is 0.502 e. The lowest BCUT2D eigenvalue weighted by Crippen LogP contribution is -2.25. The van der Waals surface area contributed by atoms with Crippen LogP contribution >= 0.6 is 0 Å². The van der Waals surface area contributed by atoms with Crippen LogP contribution in [0.4, 0.5) is 5.69 Å². The summed E-state index contributed by atoms with van der Waals surface area (Å²) in [5.41, 5.74) is 3.82. The number of carbonyl (C=O) groups is 1. The fourth-order valence-corrected chi connectivity index (χ4v) is 2.22. The Morgan fingerprint density at radius 1 is 1.15 bits per heavy atom. The van der Waals surface area contributed by atoms with E-state index < -0.39 is 0 Å². The number of benzene rings is 2. The van der Waals surface area contributed by atoms with Gasteiger partial charge in [-0.25, -0.2) is 5.43 Å². The average molecular weight is 373 g/mol. The first kappa shape index (κ1) is 19.9. The van der Waals surface area contributed by atoms with E-state index in [4.69, 9.17) is 14.2 Å². The first-order chi connectivity index (χ1) is 13.1. The van der Waals surface area contributed by atoms with Gasteiger partial charge in [-0.05, 0) is 43.3 Å². The predicted molar refractivity (Wildman–Crippen MR) is 103 cm³/mol. The third-order valence-electron chi connectivity index (χ3n) is 3.52. The van der Waals surface area contributed by atoms with E-state index >= 15 is 0 Å². The Balaban J connectivity index is 1.87. The Bertz CT molecular complexity index is 765. The second kappa shape index (κ2) is 9.91. The number of hydrogen-bond acceptors (Lipinski definition) is 7. The number of amides is 1. The lowest BCUT2D eigenvalue weighted by Gasteiger charge is -2.09. The van der Waals surface area contributed by atoms with Crippen LogP contribution in [-0.4, -0.2) is 44.6 Å². The molecule has 0 aliphatic heterocycles. The third kappa shape index (κ3) is 5.81. The van der Waals surface area contributed by atoms with Gasteiger partial charge in [0.15, 0.2) is 11.5 Å². The summed E-state index contributed by atoms with van der Waals surface area (Å²) in [6.07, 6.45) is 1.43. The molecular formula is C19H23N3O5. The molecule has 144 valence electrons. The van der Waals surface area contributed by atoms with E-state index in [0.29, 0.717) is 12.2 Å². The molecule has 3 N–H and O–H groups in total. The Kier molecular flexibility index (Phi) is 7.30. The summed E-state index contributed by atoms with van der Waals surface area (Å²) in [6.45, 7) is 2.58. The highest BCUT2D eigenvalue weighted by Crippen LogP contribution is 2.36. The van der Waals surface area contributed by atoms with Crippen molar-refractivity contribution in [2.24, 2.45) is 5.10 Å². The Morgan fingerprint density at radius 3 is 2.33 bits per heavy atom. The Hall–Kier alpha value is -3.42. The first-order valence-electron chi connectivity index (χ1n) is 8.31. The van der Waals surface area contributed by atoms with Gasteiger partial charge in [-0.15, -0.1) is 0 Å². The minimum atomic E-state index is -0.308. The van der Waals surface area contributed by atoms with Gasteiger partial charge in [0.05, 0.1) is 33.6 Å². The number of phenolic OH excluding ortho intramolecular Hbond substituents is 1. The first-order valence-corrected chi connectivity index (χ1v) is 8.31. The number of methoxy groups -OCH3 is 2. The minimum Gasteiger partial charge on any atom is -0.502 e. The van der Waals surface area contributed by atoms with Crippen molar-refractivity contribution >= 4 is 17.8 Å². The summed E-state index contributed by atoms with van der Waals surface area (Å²) >= 11 is 0. The third-order valence-corrected chi connectivity index (χ3v) is 3.52. The number of hydrogen-bond donors (Lipinski definition) is 3. The van der Waals surface area contributed by atoms with E-state index in [-0.39, 0.29) is 29.7 Å². The zero-order valence-corrected chi connectivity index (χ0v) is 15.5. The molecule has 0 heterocycles. The Morgan fingerprint density at radius 2 is 1.78 bits per heavy atom. The Labute approximate surface area is 157 Å². The number of phenols is 1. The molecule has 2 aromatic carbocycles. The number of hydrazone groups is 1. The zero-order valence-electron chi connectivity index (χ0n) is 15.5. The summed E-state index contributed by atoms with van der Waals surface area (Å²) in [5, 5.41) is 16.8. The van der Waals surface area contributed by atoms with Crippen LogP contribution in [0.2, 0.25) is 0 Å². The van der Waals surface area contributed by atoms with E-state index in [1.54, 1.807) is 12.1 Å². The molecule has 1 amide bonds. The summed E-state index contributed by atoms with van der Waals surface area (Å²) in [4.78, 5) is 11.9. The molecule has 2 aromatic rings. The van der Waals surface area contributed by atoms with Crippen molar-refractivity contribution in [2.75, 3.05) is 32.7 Å². The molecular weight excluding hydrogens is 350 g/mol. The molecule has 0 aliphatic rings. The second-order valence-corrected chi connectivity index (χ2v) is 5.38. The monoisotopic (exact) mass is 373 g/mol. The van der Waals surface area contributed by atoms with Gasteiger partial charge in [-0.3, -0.25) is 4.79 Å². The van der Waals surface area contributed by atoms with Gasteiger partial charge >= 0.3 is 0 Å². The van der Waals surface area contributed by atoms with E-state index in [1.165, 1.54) is 20.4 Å². The number of nitrogens with one attached hydrogen (secondary N) is 2. The number of anilines is 1. The lowest BCUT2D eigenvalue weighted by atomic mass is 10.2. The SMILES string of the molecule is CCOc1ccc(NCC(=O)N/N=C/c2cc(OC)c(O)c(OC)c2)cc1. The summed E-state index contributed by atoms with van der Waals surface area (Å²) in [7, 11) is 2.87. The average Bonchev–Trinajstić information content (AvgIpc) is 2.68. The van der Waals surface area contributed by atoms with Crippen molar-refractivity contribution < 1.29 is 24.1 Å². The van der Waals surface area contributed by atoms with Crippen molar-refractivity contribution in [2.45, 2.75) is 6.92 Å². The minimum absolute atomic E-state index is 0.0630. The van der Waals surface area contributed by atoms with Crippen molar-refractivity contribution in [3.63, 3.8) is 0 Å². The number of ether oxygens (including phenoxy) is 3. The van der Waals surface area contributed by atoms with Crippen LogP contribution in [0.15, 0.2) is 41.5 Å². The van der Waals surface area contributed by atoms with E-state index in [9.17, 15) is 9.90 Å². The molecule has 0 aromatic heterocycles. The maximum Gasteiger partial charge on any atom is 0.259 e. The molecule has 27 heavy (non-hydrogen) atoms. The molecule has 0 spiro atoms. The molecule has 0 saturated heterocycles. The number of carbonyl (C=O) groups excluding carboxylic acids is 1. The molecule has 0 aliphatic carbocycles. The van der Waals surface area contributed by atoms with Crippen LogP contribution in [0, 0.1) is 0 Å². The van der Waals surface area contributed by atoms with Crippen LogP contribution in [0.1, 0.15) is 12.5 Å². The quantitative estimate of drug-likeness (QED) is 0.461. The fraction of sp³-hybridized carbons (Fsp3) is 0.263. The maximum absolute atomic E-state index is 11.9. The maximum atomic E-state index is 11.9. The van der Waals surface area contributed by atoms with Gasteiger partial charge < -0.3 is 24.6 Å². The molecule has 8 heteroatoms. The van der Waals surface area contributed by atoms with Gasteiger partial charge in [0.1, 0.15) is 5.75 Å². The standard InChI is InChI=1S/C19H23N3O5/c1-4-27-15-7-5-14(6-8-15)20-12-18(23)22-21-11-13-9-16(25-2)19(24)17(10-13)26-3/h5-11,20,24H,4,12H2,1-3H3,(H,22,23)/b21-11+. The van der Waals surface area contributed by atoms with Gasteiger partial charge in [0.25, 0.3) is 5.91 Å². The number of rotatable bonds is 9. The van der Waals surface area contributed by atoms with Gasteiger partial charge in [-0.1, -0.05) is 0 Å². The second-order valence-electron chi connectivity index (χ2n) is 5.38. The molecule has 2 rings (SSSR count). The molecule has 8 nitrogen and oxygen atoms in total. The van der Waals surface area contributed by atoms with Crippen LogP contribution in [0.3, 0.4) is 0 Å². The number of aromatic hydroxyl groups is 1. The van der Waals surface area contributed by atoms with Crippen LogP contribution in [0.5, 0.6) is 23.0 Å². The van der Waals surface area contributed by atoms with Crippen molar-refractivity contribution in [3.05, 3.63) is 42.0 Å². The van der Waals surface area contributed by atoms with E-state index in [1.807, 2.05) is 31.2 Å². The molecule has 0 unspecified atom stereocenters. The van der Waals surface area contributed by atoms with Crippen molar-refractivity contribution in [1.82, 2.24) is 5.43 Å². The highest BCUT2D eigenvalue weighted by molar-refractivity contribution is 5.85. The zero-order chi connectivity index (χ0) is 19.6. The molecule has 0 fully saturated rings. The van der Waals surface area contributed by atoms with Gasteiger partial charge in [0, 0.05) is 11.3 Å². The normalized spacial score (nSPS) is 10.5. The van der Waals surface area contributed by atoms with Crippen LogP contribution < -0.4 is 25.0 Å². The lowest BCUT2D eigenvalue weighted by molar-refractivity contribution is -0.119. The highest BCUT2D eigenvalue weighted by atomic mass is 16.5. The molecule has 0 saturated carbocycles. The van der Waals surface area contributed by atoms with Crippen LogP contribution in [-0.2, 0) is 4.79 Å². The fourth-order valence-electron chi connectivity index (χ4n) is 2.22. The van der Waals surface area contributed by atoms with Gasteiger partial charge in [0.2, 0.25) is 5.75 Å². The summed E-state index contributed by atoms with van der Waals surface area (Å²) in [5.74, 6) is 0.869. The van der Waals surface area contributed by atoms with Crippen molar-refractivity contribution in [1.29, 1.82) is 0 Å². The topological polar surface area (TPSA) is 101 Å². The van der Waals surface area contributed by atoms with E-state index in [0.717, 1.165) is 11.4 Å². The van der Waals surface area contributed by atoms with Crippen molar-refractivity contribution in [3.8, 4) is 23.0 Å². The molecule has 0 atom stereocenters. The van der Waals surface area contributed by atoms with Crippen LogP contribution in [0.25, 0.3) is 0 Å². The molecule has 0 bridgehead atoms. The number of nitrogens with zero attached hydrogens (tertiary/aromatic N) is 1. The smallest absolute Gasteiger partial charge is 0.259 e. The van der Waals surface area contributed by atoms with Gasteiger partial charge in [-0.2, -0.15) is 5.10 Å².